The molecule has 0 radical (unpaired) electrons. The molecule has 7 heteroatoms. The number of aromatic nitrogens is 1. The summed E-state index contributed by atoms with van der Waals surface area (Å²) in [5.74, 6) is 2.94. The van der Waals surface area contributed by atoms with Crippen LogP contribution in [0.4, 0.5) is 5.69 Å². The minimum atomic E-state index is 0. The first-order valence-corrected chi connectivity index (χ1v) is 9.27. The Balaban J connectivity index is 0.00000392. The SMILES string of the molecule is CCOc1ccc(NC(=NC)NCC(c2cccnc2)C(C)C)cc1OC.I. The average molecular weight is 498 g/mol. The van der Waals surface area contributed by atoms with Crippen molar-refractivity contribution in [2.24, 2.45) is 10.9 Å². The van der Waals surface area contributed by atoms with E-state index in [9.17, 15) is 0 Å². The fourth-order valence-electron chi connectivity index (χ4n) is 2.88. The fourth-order valence-corrected chi connectivity index (χ4v) is 2.88. The highest BCUT2D eigenvalue weighted by Crippen LogP contribution is 2.30. The van der Waals surface area contributed by atoms with Gasteiger partial charge in [-0.2, -0.15) is 0 Å². The Hall–Kier alpha value is -2.03. The lowest BCUT2D eigenvalue weighted by Crippen LogP contribution is -2.35. The number of rotatable bonds is 8. The minimum absolute atomic E-state index is 0. The summed E-state index contributed by atoms with van der Waals surface area (Å²) in [6, 6.07) is 9.83. The van der Waals surface area contributed by atoms with E-state index in [0.717, 1.165) is 18.0 Å². The molecule has 154 valence electrons. The van der Waals surface area contributed by atoms with Crippen LogP contribution in [0.1, 0.15) is 32.3 Å². The number of ether oxygens (including phenoxy) is 2. The highest BCUT2D eigenvalue weighted by atomic mass is 127. The molecule has 0 aliphatic heterocycles. The van der Waals surface area contributed by atoms with Gasteiger partial charge in [0.05, 0.1) is 13.7 Å². The van der Waals surface area contributed by atoms with E-state index in [1.54, 1.807) is 20.4 Å². The molecular formula is C21H31IN4O2. The third-order valence-corrected chi connectivity index (χ3v) is 4.36. The van der Waals surface area contributed by atoms with Crippen molar-refractivity contribution in [2.45, 2.75) is 26.7 Å². The largest absolute Gasteiger partial charge is 0.493 e. The maximum atomic E-state index is 5.56. The van der Waals surface area contributed by atoms with Crippen LogP contribution in [0.25, 0.3) is 0 Å². The van der Waals surface area contributed by atoms with Crippen LogP contribution < -0.4 is 20.1 Å². The number of halogens is 1. The molecule has 0 fully saturated rings. The first-order valence-electron chi connectivity index (χ1n) is 9.27. The molecule has 28 heavy (non-hydrogen) atoms. The van der Waals surface area contributed by atoms with Gasteiger partial charge in [0.25, 0.3) is 0 Å². The molecule has 0 spiro atoms. The Labute approximate surface area is 185 Å². The molecule has 1 atom stereocenters. The number of benzene rings is 1. The lowest BCUT2D eigenvalue weighted by atomic mass is 9.89. The molecule has 2 rings (SSSR count). The molecule has 0 saturated carbocycles. The van der Waals surface area contributed by atoms with Crippen molar-refractivity contribution in [1.82, 2.24) is 10.3 Å². The number of hydrogen-bond donors (Lipinski definition) is 2. The van der Waals surface area contributed by atoms with Gasteiger partial charge in [-0.25, -0.2) is 0 Å². The second kappa shape index (κ2) is 12.4. The lowest BCUT2D eigenvalue weighted by Gasteiger charge is -2.23. The number of guanidine groups is 1. The maximum Gasteiger partial charge on any atom is 0.195 e. The van der Waals surface area contributed by atoms with Crippen molar-refractivity contribution < 1.29 is 9.47 Å². The predicted octanol–water partition coefficient (Wildman–Crippen LogP) is 4.53. The lowest BCUT2D eigenvalue weighted by molar-refractivity contribution is 0.311. The van der Waals surface area contributed by atoms with Crippen molar-refractivity contribution in [3.63, 3.8) is 0 Å². The fraction of sp³-hybridized carbons (Fsp3) is 0.429. The van der Waals surface area contributed by atoms with Gasteiger partial charge in [-0.05, 0) is 36.6 Å². The van der Waals surface area contributed by atoms with Crippen molar-refractivity contribution >= 4 is 35.6 Å². The quantitative estimate of drug-likeness (QED) is 0.318. The summed E-state index contributed by atoms with van der Waals surface area (Å²) in [4.78, 5) is 8.58. The first kappa shape index (κ1) is 24.0. The van der Waals surface area contributed by atoms with Crippen LogP contribution in [0, 0.1) is 5.92 Å². The van der Waals surface area contributed by atoms with E-state index >= 15 is 0 Å². The van der Waals surface area contributed by atoms with Crippen LogP contribution in [0.3, 0.4) is 0 Å². The first-order chi connectivity index (χ1) is 13.1. The predicted molar refractivity (Wildman–Crippen MR) is 126 cm³/mol. The van der Waals surface area contributed by atoms with Gasteiger partial charge in [0.1, 0.15) is 0 Å². The van der Waals surface area contributed by atoms with Crippen LogP contribution in [-0.4, -0.2) is 38.3 Å². The summed E-state index contributed by atoms with van der Waals surface area (Å²) in [5, 5.41) is 6.72. The Bertz CT molecular complexity index is 738. The zero-order valence-corrected chi connectivity index (χ0v) is 19.6. The van der Waals surface area contributed by atoms with Crippen LogP contribution in [-0.2, 0) is 0 Å². The van der Waals surface area contributed by atoms with Gasteiger partial charge in [-0.15, -0.1) is 24.0 Å². The van der Waals surface area contributed by atoms with E-state index in [1.165, 1.54) is 5.56 Å². The molecule has 2 N–H and O–H groups in total. The van der Waals surface area contributed by atoms with E-state index in [4.69, 9.17) is 9.47 Å². The molecule has 0 saturated heterocycles. The normalized spacial score (nSPS) is 12.1. The smallest absolute Gasteiger partial charge is 0.195 e. The third kappa shape index (κ3) is 6.85. The highest BCUT2D eigenvalue weighted by Gasteiger charge is 2.16. The molecule has 2 aromatic rings. The standard InChI is InChI=1S/C21H30N4O2.HI/c1-6-27-19-10-9-17(12-20(19)26-5)25-21(22-4)24-14-18(15(2)3)16-8-7-11-23-13-16;/h7-13,15,18H,6,14H2,1-5H3,(H2,22,24,25);1H. The van der Waals surface area contributed by atoms with Gasteiger partial charge in [0.15, 0.2) is 17.5 Å². The summed E-state index contributed by atoms with van der Waals surface area (Å²) in [5.41, 5.74) is 2.10. The van der Waals surface area contributed by atoms with Crippen molar-refractivity contribution in [3.05, 3.63) is 48.3 Å². The van der Waals surface area contributed by atoms with Crippen molar-refractivity contribution in [3.8, 4) is 11.5 Å². The zero-order chi connectivity index (χ0) is 19.6. The average Bonchev–Trinajstić information content (AvgIpc) is 2.69. The van der Waals surface area contributed by atoms with E-state index in [0.29, 0.717) is 30.2 Å². The Morgan fingerprint density at radius 1 is 1.21 bits per heavy atom. The van der Waals surface area contributed by atoms with E-state index < -0.39 is 0 Å². The summed E-state index contributed by atoms with van der Waals surface area (Å²) >= 11 is 0. The molecular weight excluding hydrogens is 467 g/mol. The molecule has 0 aliphatic carbocycles. The molecule has 1 aromatic carbocycles. The highest BCUT2D eigenvalue weighted by molar-refractivity contribution is 14.0. The number of pyridine rings is 1. The summed E-state index contributed by atoms with van der Waals surface area (Å²) < 4.78 is 11.0. The number of hydrogen-bond acceptors (Lipinski definition) is 4. The van der Waals surface area contributed by atoms with Gasteiger partial charge < -0.3 is 20.1 Å². The molecule has 0 bridgehead atoms. The zero-order valence-electron chi connectivity index (χ0n) is 17.2. The van der Waals surface area contributed by atoms with Gasteiger partial charge in [0, 0.05) is 43.7 Å². The Kier molecular flexibility index (Phi) is 10.7. The summed E-state index contributed by atoms with van der Waals surface area (Å²) in [6.07, 6.45) is 3.73. The van der Waals surface area contributed by atoms with Gasteiger partial charge in [0.2, 0.25) is 0 Å². The molecule has 1 aromatic heterocycles. The molecule has 0 amide bonds. The van der Waals surface area contributed by atoms with Gasteiger partial charge >= 0.3 is 0 Å². The second-order valence-corrected chi connectivity index (χ2v) is 6.51. The molecule has 6 nitrogen and oxygen atoms in total. The topological polar surface area (TPSA) is 67.8 Å². The van der Waals surface area contributed by atoms with Crippen LogP contribution in [0.2, 0.25) is 0 Å². The summed E-state index contributed by atoms with van der Waals surface area (Å²) in [6.45, 7) is 7.74. The van der Waals surface area contributed by atoms with Gasteiger partial charge in [-0.1, -0.05) is 19.9 Å². The summed E-state index contributed by atoms with van der Waals surface area (Å²) in [7, 11) is 3.39. The number of nitrogens with one attached hydrogen (secondary N) is 2. The van der Waals surface area contributed by atoms with Crippen LogP contribution in [0.15, 0.2) is 47.7 Å². The van der Waals surface area contributed by atoms with E-state index in [2.05, 4.69) is 40.5 Å². The second-order valence-electron chi connectivity index (χ2n) is 6.51. The third-order valence-electron chi connectivity index (χ3n) is 4.36. The monoisotopic (exact) mass is 498 g/mol. The number of nitrogens with zero attached hydrogens (tertiary/aromatic N) is 2. The Morgan fingerprint density at radius 3 is 2.57 bits per heavy atom. The number of aliphatic imine (C=N–C) groups is 1. The van der Waals surface area contributed by atoms with E-state index in [1.807, 2.05) is 37.4 Å². The minimum Gasteiger partial charge on any atom is -0.493 e. The molecule has 1 heterocycles. The maximum absolute atomic E-state index is 5.56. The van der Waals surface area contributed by atoms with Crippen LogP contribution in [0.5, 0.6) is 11.5 Å². The van der Waals surface area contributed by atoms with Crippen molar-refractivity contribution in [1.29, 1.82) is 0 Å². The van der Waals surface area contributed by atoms with Gasteiger partial charge in [-0.3, -0.25) is 9.98 Å². The molecule has 1 unspecified atom stereocenters. The number of methoxy groups -OCH3 is 1. The number of anilines is 1. The van der Waals surface area contributed by atoms with Crippen molar-refractivity contribution in [2.75, 3.05) is 32.6 Å². The molecule has 0 aliphatic rings. The van der Waals surface area contributed by atoms with E-state index in [-0.39, 0.29) is 24.0 Å². The Morgan fingerprint density at radius 2 is 2.00 bits per heavy atom. The van der Waals surface area contributed by atoms with Crippen LogP contribution >= 0.6 is 24.0 Å².